The number of hydrogen-bond acceptors (Lipinski definition) is 3. The first-order valence-corrected chi connectivity index (χ1v) is 9.01. The van der Waals surface area contributed by atoms with Crippen molar-refractivity contribution >= 4 is 29.9 Å². The van der Waals surface area contributed by atoms with Crippen LogP contribution in [-0.2, 0) is 0 Å². The Morgan fingerprint density at radius 3 is 2.37 bits per heavy atom. The van der Waals surface area contributed by atoms with Crippen LogP contribution in [-0.4, -0.2) is 42.9 Å². The Hall–Kier alpha value is -2.37. The molecule has 3 rings (SSSR count). The summed E-state index contributed by atoms with van der Waals surface area (Å²) >= 11 is 0. The molecule has 5 nitrogen and oxygen atoms in total. The van der Waals surface area contributed by atoms with Gasteiger partial charge in [0.2, 0.25) is 0 Å². The molecule has 1 aliphatic rings. The highest BCUT2D eigenvalue weighted by Crippen LogP contribution is 2.21. The van der Waals surface area contributed by atoms with E-state index in [4.69, 9.17) is 0 Å². The van der Waals surface area contributed by atoms with Crippen LogP contribution >= 0.6 is 12.4 Å². The first-order valence-electron chi connectivity index (χ1n) is 9.01. The summed E-state index contributed by atoms with van der Waals surface area (Å²) in [5.74, 6) is -0.183. The molecule has 2 aromatic rings. The molecule has 6 heteroatoms. The Morgan fingerprint density at radius 1 is 1.04 bits per heavy atom. The van der Waals surface area contributed by atoms with Crippen molar-refractivity contribution in [2.45, 2.75) is 25.8 Å². The number of aryl methyl sites for hydroxylation is 1. The van der Waals surface area contributed by atoms with Crippen LogP contribution in [0.3, 0.4) is 0 Å². The third kappa shape index (κ3) is 5.08. The Bertz CT molecular complexity index is 789. The lowest BCUT2D eigenvalue weighted by Gasteiger charge is -2.31. The minimum absolute atomic E-state index is 0. The van der Waals surface area contributed by atoms with E-state index in [1.54, 1.807) is 18.2 Å². The normalized spacial score (nSPS) is 14.1. The number of nitrogens with zero attached hydrogens (tertiary/aromatic N) is 1. The molecular weight excluding hydrogens is 362 g/mol. The molecule has 2 aromatic carbocycles. The van der Waals surface area contributed by atoms with Crippen LogP contribution in [0.4, 0.5) is 5.69 Å². The van der Waals surface area contributed by atoms with Gasteiger partial charge in [0.25, 0.3) is 11.8 Å². The summed E-state index contributed by atoms with van der Waals surface area (Å²) in [6.45, 7) is 3.80. The molecule has 27 heavy (non-hydrogen) atoms. The number of carbonyl (C=O) groups excluding carboxylic acids is 2. The molecule has 0 spiro atoms. The summed E-state index contributed by atoms with van der Waals surface area (Å²) in [5, 5.41) is 6.24. The molecule has 0 bridgehead atoms. The standard InChI is InChI=1S/C21H25N3O2.ClH/c1-15-8-9-17(21(26)24(2)18-10-12-22-13-11-18)14-19(15)23-20(25)16-6-4-3-5-7-16;/h3-9,14,18,22H,10-13H2,1-2H3,(H,23,25);1H. The molecule has 0 atom stereocenters. The highest BCUT2D eigenvalue weighted by Gasteiger charge is 2.23. The summed E-state index contributed by atoms with van der Waals surface area (Å²) in [6.07, 6.45) is 1.93. The lowest BCUT2D eigenvalue weighted by Crippen LogP contribution is -2.44. The highest BCUT2D eigenvalue weighted by atomic mass is 35.5. The van der Waals surface area contributed by atoms with Gasteiger partial charge in [-0.05, 0) is 62.7 Å². The van der Waals surface area contributed by atoms with Crippen LogP contribution in [0.2, 0.25) is 0 Å². The van der Waals surface area contributed by atoms with E-state index in [1.165, 1.54) is 0 Å². The third-order valence-electron chi connectivity index (χ3n) is 4.95. The Kier molecular flexibility index (Phi) is 7.39. The molecule has 0 unspecified atom stereocenters. The van der Waals surface area contributed by atoms with Crippen LogP contribution in [0.15, 0.2) is 48.5 Å². The van der Waals surface area contributed by atoms with E-state index in [9.17, 15) is 9.59 Å². The lowest BCUT2D eigenvalue weighted by atomic mass is 10.0. The van der Waals surface area contributed by atoms with Crippen molar-refractivity contribution in [2.75, 3.05) is 25.5 Å². The predicted octanol–water partition coefficient (Wildman–Crippen LogP) is 3.49. The second kappa shape index (κ2) is 9.53. The van der Waals surface area contributed by atoms with Crippen LogP contribution in [0.25, 0.3) is 0 Å². The first kappa shape index (κ1) is 20.9. The quantitative estimate of drug-likeness (QED) is 0.844. The molecule has 0 radical (unpaired) electrons. The second-order valence-corrected chi connectivity index (χ2v) is 6.75. The molecule has 0 aliphatic carbocycles. The molecule has 1 saturated heterocycles. The van der Waals surface area contributed by atoms with Gasteiger partial charge in [-0.1, -0.05) is 24.3 Å². The second-order valence-electron chi connectivity index (χ2n) is 6.75. The molecule has 0 aromatic heterocycles. The van der Waals surface area contributed by atoms with E-state index in [1.807, 2.05) is 49.2 Å². The number of rotatable bonds is 4. The van der Waals surface area contributed by atoms with Gasteiger partial charge in [-0.25, -0.2) is 0 Å². The monoisotopic (exact) mass is 387 g/mol. The predicted molar refractivity (Wildman–Crippen MR) is 111 cm³/mol. The van der Waals surface area contributed by atoms with Gasteiger partial charge in [-0.3, -0.25) is 9.59 Å². The average molecular weight is 388 g/mol. The van der Waals surface area contributed by atoms with Crippen molar-refractivity contribution in [3.8, 4) is 0 Å². The van der Waals surface area contributed by atoms with Gasteiger partial charge in [0.15, 0.2) is 0 Å². The molecule has 144 valence electrons. The van der Waals surface area contributed by atoms with Gasteiger partial charge in [0.05, 0.1) is 0 Å². The van der Waals surface area contributed by atoms with E-state index in [2.05, 4.69) is 10.6 Å². The van der Waals surface area contributed by atoms with Crippen molar-refractivity contribution < 1.29 is 9.59 Å². The zero-order valence-electron chi connectivity index (χ0n) is 15.7. The Labute approximate surface area is 166 Å². The lowest BCUT2D eigenvalue weighted by molar-refractivity contribution is 0.0703. The van der Waals surface area contributed by atoms with Gasteiger partial charge in [-0.2, -0.15) is 0 Å². The number of amides is 2. The molecular formula is C21H26ClN3O2. The maximum atomic E-state index is 12.9. The minimum Gasteiger partial charge on any atom is -0.339 e. The van der Waals surface area contributed by atoms with Crippen molar-refractivity contribution in [1.82, 2.24) is 10.2 Å². The fraction of sp³-hybridized carbons (Fsp3) is 0.333. The third-order valence-corrected chi connectivity index (χ3v) is 4.95. The van der Waals surface area contributed by atoms with Gasteiger partial charge in [0.1, 0.15) is 0 Å². The van der Waals surface area contributed by atoms with Crippen LogP contribution in [0.5, 0.6) is 0 Å². The van der Waals surface area contributed by atoms with Gasteiger partial charge in [-0.15, -0.1) is 12.4 Å². The van der Waals surface area contributed by atoms with Crippen molar-refractivity contribution in [3.05, 3.63) is 65.2 Å². The van der Waals surface area contributed by atoms with Crippen LogP contribution in [0, 0.1) is 6.92 Å². The fourth-order valence-corrected chi connectivity index (χ4v) is 3.24. The van der Waals surface area contributed by atoms with Crippen molar-refractivity contribution in [1.29, 1.82) is 0 Å². The average Bonchev–Trinajstić information content (AvgIpc) is 2.70. The molecule has 2 N–H and O–H groups in total. The summed E-state index contributed by atoms with van der Waals surface area (Å²) in [5.41, 5.74) is 2.79. The number of benzene rings is 2. The molecule has 1 fully saturated rings. The molecule has 2 amide bonds. The Morgan fingerprint density at radius 2 is 1.70 bits per heavy atom. The number of hydrogen-bond donors (Lipinski definition) is 2. The molecule has 0 saturated carbocycles. The van der Waals surface area contributed by atoms with E-state index in [-0.39, 0.29) is 30.3 Å². The largest absolute Gasteiger partial charge is 0.339 e. The SMILES string of the molecule is Cc1ccc(C(=O)N(C)C2CCNCC2)cc1NC(=O)c1ccccc1.Cl. The fourth-order valence-electron chi connectivity index (χ4n) is 3.24. The van der Waals surface area contributed by atoms with Gasteiger partial charge < -0.3 is 15.5 Å². The number of anilines is 1. The van der Waals surface area contributed by atoms with E-state index < -0.39 is 0 Å². The first-order chi connectivity index (χ1) is 12.6. The number of nitrogens with one attached hydrogen (secondary N) is 2. The number of carbonyl (C=O) groups is 2. The van der Waals surface area contributed by atoms with Crippen molar-refractivity contribution in [3.63, 3.8) is 0 Å². The minimum atomic E-state index is -0.176. The zero-order chi connectivity index (χ0) is 18.5. The topological polar surface area (TPSA) is 61.4 Å². The summed E-state index contributed by atoms with van der Waals surface area (Å²) in [6, 6.07) is 14.8. The summed E-state index contributed by atoms with van der Waals surface area (Å²) in [4.78, 5) is 27.1. The Balaban J connectivity index is 0.00000261. The van der Waals surface area contributed by atoms with Crippen LogP contribution < -0.4 is 10.6 Å². The summed E-state index contributed by atoms with van der Waals surface area (Å²) in [7, 11) is 1.86. The van der Waals surface area contributed by atoms with Crippen molar-refractivity contribution in [2.24, 2.45) is 0 Å². The van der Waals surface area contributed by atoms with E-state index >= 15 is 0 Å². The highest BCUT2D eigenvalue weighted by molar-refractivity contribution is 6.05. The maximum Gasteiger partial charge on any atom is 0.255 e. The molecule has 1 heterocycles. The van der Waals surface area contributed by atoms with Gasteiger partial charge >= 0.3 is 0 Å². The van der Waals surface area contributed by atoms with E-state index in [0.29, 0.717) is 16.8 Å². The smallest absolute Gasteiger partial charge is 0.255 e. The van der Waals surface area contributed by atoms with Gasteiger partial charge in [0, 0.05) is 29.9 Å². The summed E-state index contributed by atoms with van der Waals surface area (Å²) < 4.78 is 0. The number of halogens is 1. The molecule has 1 aliphatic heterocycles. The van der Waals surface area contributed by atoms with E-state index in [0.717, 1.165) is 31.5 Å². The number of piperidine rings is 1. The maximum absolute atomic E-state index is 12.9. The zero-order valence-corrected chi connectivity index (χ0v) is 16.5. The van der Waals surface area contributed by atoms with Crippen LogP contribution in [0.1, 0.15) is 39.1 Å².